The van der Waals surface area contributed by atoms with Crippen molar-refractivity contribution in [2.24, 2.45) is 5.92 Å². The molecule has 1 saturated carbocycles. The molecule has 0 N–H and O–H groups in total. The van der Waals surface area contributed by atoms with E-state index in [4.69, 9.17) is 4.74 Å². The van der Waals surface area contributed by atoms with Gasteiger partial charge in [0.15, 0.2) is 0 Å². The van der Waals surface area contributed by atoms with E-state index in [-0.39, 0.29) is 0 Å². The lowest BCUT2D eigenvalue weighted by Crippen LogP contribution is -1.93. The average molecular weight is 96.1 g/mol. The molecule has 1 fully saturated rings. The summed E-state index contributed by atoms with van der Waals surface area (Å²) in [6, 6.07) is 0. The molecule has 7 heavy (non-hydrogen) atoms. The fourth-order valence-corrected chi connectivity index (χ4v) is 1.02. The first-order valence-electron chi connectivity index (χ1n) is 2.77. The normalized spacial score (nSPS) is 44.6. The fraction of sp³-hybridized carbons (Fsp3) is 0.667. The van der Waals surface area contributed by atoms with Crippen molar-refractivity contribution in [3.05, 3.63) is 12.3 Å². The Balaban J connectivity index is 2.10. The zero-order valence-corrected chi connectivity index (χ0v) is 4.13. The van der Waals surface area contributed by atoms with Crippen LogP contribution < -0.4 is 0 Å². The van der Waals surface area contributed by atoms with Crippen LogP contribution in [-0.2, 0) is 4.74 Å². The smallest absolute Gasteiger partial charge is 0.101 e. The minimum atomic E-state index is 0.616. The van der Waals surface area contributed by atoms with Crippen LogP contribution in [0.15, 0.2) is 12.3 Å². The van der Waals surface area contributed by atoms with Crippen LogP contribution in [0.5, 0.6) is 0 Å². The van der Waals surface area contributed by atoms with Gasteiger partial charge in [-0.05, 0) is 18.9 Å². The van der Waals surface area contributed by atoms with E-state index in [1.807, 2.05) is 6.26 Å². The molecule has 1 aliphatic carbocycles. The third-order valence-corrected chi connectivity index (χ3v) is 1.65. The second kappa shape index (κ2) is 1.03. The highest BCUT2D eigenvalue weighted by atomic mass is 16.5. The van der Waals surface area contributed by atoms with Crippen LogP contribution in [0.25, 0.3) is 0 Å². The molecule has 38 valence electrons. The molecule has 0 radical (unpaired) electrons. The molecule has 1 aliphatic heterocycles. The van der Waals surface area contributed by atoms with E-state index < -0.39 is 0 Å². The summed E-state index contributed by atoms with van der Waals surface area (Å²) in [5, 5.41) is 0. The predicted octanol–water partition coefficient (Wildman–Crippen LogP) is 1.31. The van der Waals surface area contributed by atoms with Gasteiger partial charge in [-0.25, -0.2) is 0 Å². The van der Waals surface area contributed by atoms with Gasteiger partial charge < -0.3 is 4.74 Å². The summed E-state index contributed by atoms with van der Waals surface area (Å²) >= 11 is 0. The van der Waals surface area contributed by atoms with Gasteiger partial charge >= 0.3 is 0 Å². The van der Waals surface area contributed by atoms with Crippen LogP contribution in [0.3, 0.4) is 0 Å². The summed E-state index contributed by atoms with van der Waals surface area (Å²) in [6.07, 6.45) is 7.10. The Morgan fingerprint density at radius 3 is 3.14 bits per heavy atom. The lowest BCUT2D eigenvalue weighted by molar-refractivity contribution is 0.206. The van der Waals surface area contributed by atoms with Crippen molar-refractivity contribution in [2.45, 2.75) is 18.9 Å². The van der Waals surface area contributed by atoms with E-state index in [1.54, 1.807) is 0 Å². The third-order valence-electron chi connectivity index (χ3n) is 1.65. The minimum Gasteiger partial charge on any atom is -0.498 e. The van der Waals surface area contributed by atoms with Crippen molar-refractivity contribution in [3.63, 3.8) is 0 Å². The van der Waals surface area contributed by atoms with Gasteiger partial charge in [0.1, 0.15) is 6.10 Å². The second-order valence-corrected chi connectivity index (χ2v) is 2.28. The molecule has 2 unspecified atom stereocenters. The molecule has 0 aromatic carbocycles. The van der Waals surface area contributed by atoms with E-state index in [1.165, 1.54) is 12.8 Å². The summed E-state index contributed by atoms with van der Waals surface area (Å²) in [5.41, 5.74) is 0. The van der Waals surface area contributed by atoms with Crippen LogP contribution in [0, 0.1) is 5.92 Å². The Labute approximate surface area is 43.0 Å². The van der Waals surface area contributed by atoms with E-state index in [0.29, 0.717) is 6.10 Å². The van der Waals surface area contributed by atoms with Crippen LogP contribution >= 0.6 is 0 Å². The van der Waals surface area contributed by atoms with Crippen molar-refractivity contribution in [1.29, 1.82) is 0 Å². The zero-order valence-electron chi connectivity index (χ0n) is 4.13. The Hall–Kier alpha value is -0.460. The van der Waals surface area contributed by atoms with E-state index in [0.717, 1.165) is 5.92 Å². The van der Waals surface area contributed by atoms with Crippen LogP contribution in [0.1, 0.15) is 12.8 Å². The minimum absolute atomic E-state index is 0.616. The molecule has 0 aromatic heterocycles. The summed E-state index contributed by atoms with van der Waals surface area (Å²) in [5.74, 6) is 0.894. The maximum atomic E-state index is 5.17. The van der Waals surface area contributed by atoms with Gasteiger partial charge in [0.25, 0.3) is 0 Å². The molecule has 0 spiro atoms. The highest BCUT2D eigenvalue weighted by Crippen LogP contribution is 2.39. The molecular weight excluding hydrogens is 88.1 g/mol. The first kappa shape index (κ1) is 3.53. The van der Waals surface area contributed by atoms with Crippen molar-refractivity contribution in [2.75, 3.05) is 0 Å². The van der Waals surface area contributed by atoms with Gasteiger partial charge in [-0.3, -0.25) is 0 Å². The zero-order chi connectivity index (χ0) is 4.69. The quantitative estimate of drug-likeness (QED) is 0.441. The van der Waals surface area contributed by atoms with E-state index in [2.05, 4.69) is 6.08 Å². The molecule has 0 saturated heterocycles. The molecule has 1 nitrogen and oxygen atoms in total. The number of hydrogen-bond acceptors (Lipinski definition) is 1. The summed E-state index contributed by atoms with van der Waals surface area (Å²) < 4.78 is 5.17. The molecule has 0 bridgehead atoms. The largest absolute Gasteiger partial charge is 0.498 e. The van der Waals surface area contributed by atoms with Gasteiger partial charge in [-0.15, -0.1) is 0 Å². The van der Waals surface area contributed by atoms with Crippen molar-refractivity contribution < 1.29 is 4.74 Å². The topological polar surface area (TPSA) is 9.23 Å². The Morgan fingerprint density at radius 2 is 2.57 bits per heavy atom. The number of ether oxygens (including phenoxy) is 1. The SMILES string of the molecule is C1=COC2CC2C1. The van der Waals surface area contributed by atoms with Gasteiger partial charge in [-0.1, -0.05) is 0 Å². The number of fused-ring (bicyclic) bond motifs is 1. The molecule has 0 aromatic rings. The number of hydrogen-bond donors (Lipinski definition) is 0. The predicted molar refractivity (Wildman–Crippen MR) is 26.7 cm³/mol. The lowest BCUT2D eigenvalue weighted by Gasteiger charge is -2.01. The second-order valence-electron chi connectivity index (χ2n) is 2.28. The third kappa shape index (κ3) is 0.441. The fourth-order valence-electron chi connectivity index (χ4n) is 1.02. The molecule has 2 atom stereocenters. The monoisotopic (exact) mass is 96.1 g/mol. The Morgan fingerprint density at radius 1 is 1.57 bits per heavy atom. The Bertz CT molecular complexity index is 94.7. The summed E-state index contributed by atoms with van der Waals surface area (Å²) in [7, 11) is 0. The highest BCUT2D eigenvalue weighted by molar-refractivity contribution is 4.98. The average Bonchev–Trinajstić information content (AvgIpc) is 2.41. The standard InChI is InChI=1S/C6H8O/c1-2-5-4-6(5)7-3-1/h1,3,5-6H,2,4H2. The maximum Gasteiger partial charge on any atom is 0.101 e. The highest BCUT2D eigenvalue weighted by Gasteiger charge is 2.39. The molecule has 2 aliphatic rings. The first-order valence-corrected chi connectivity index (χ1v) is 2.77. The van der Waals surface area contributed by atoms with Crippen LogP contribution in [0.2, 0.25) is 0 Å². The summed E-state index contributed by atoms with van der Waals surface area (Å²) in [4.78, 5) is 0. The number of allylic oxidation sites excluding steroid dienone is 1. The maximum absolute atomic E-state index is 5.17. The van der Waals surface area contributed by atoms with Gasteiger partial charge in [0, 0.05) is 5.92 Å². The van der Waals surface area contributed by atoms with Gasteiger partial charge in [0.05, 0.1) is 6.26 Å². The molecule has 1 heterocycles. The summed E-state index contributed by atoms with van der Waals surface area (Å²) in [6.45, 7) is 0. The molecule has 1 heteroatoms. The molecular formula is C6H8O. The number of rotatable bonds is 0. The van der Waals surface area contributed by atoms with Crippen molar-refractivity contribution >= 4 is 0 Å². The van der Waals surface area contributed by atoms with Gasteiger partial charge in [-0.2, -0.15) is 0 Å². The van der Waals surface area contributed by atoms with Crippen molar-refractivity contribution in [1.82, 2.24) is 0 Å². The Kier molecular flexibility index (Phi) is 0.518. The van der Waals surface area contributed by atoms with Crippen LogP contribution in [0.4, 0.5) is 0 Å². The van der Waals surface area contributed by atoms with E-state index in [9.17, 15) is 0 Å². The van der Waals surface area contributed by atoms with Gasteiger partial charge in [0.2, 0.25) is 0 Å². The lowest BCUT2D eigenvalue weighted by atomic mass is 10.3. The molecule has 0 amide bonds. The molecule has 2 rings (SSSR count). The van der Waals surface area contributed by atoms with Crippen LogP contribution in [-0.4, -0.2) is 6.10 Å². The van der Waals surface area contributed by atoms with E-state index >= 15 is 0 Å². The first-order chi connectivity index (χ1) is 3.47. The van der Waals surface area contributed by atoms with Crippen molar-refractivity contribution in [3.8, 4) is 0 Å².